The van der Waals surface area contributed by atoms with E-state index in [4.69, 9.17) is 4.52 Å². The summed E-state index contributed by atoms with van der Waals surface area (Å²) in [7, 11) is 1.78. The molecular weight excluding hydrogens is 197 g/mol. The number of aromatic nitrogens is 2. The smallest absolute Gasteiger partial charge is 0.260 e. The molecule has 1 aromatic heterocycles. The van der Waals surface area contributed by atoms with Gasteiger partial charge < -0.3 is 9.84 Å². The van der Waals surface area contributed by atoms with Crippen molar-refractivity contribution in [2.75, 3.05) is 7.05 Å². The maximum absolute atomic E-state index is 13.3. The van der Waals surface area contributed by atoms with Gasteiger partial charge in [0.2, 0.25) is 0 Å². The molecule has 0 unspecified atom stereocenters. The lowest BCUT2D eigenvalue weighted by Gasteiger charge is -1.94. The Bertz CT molecular complexity index is 455. The van der Waals surface area contributed by atoms with Crippen molar-refractivity contribution in [2.45, 2.75) is 6.54 Å². The summed E-state index contributed by atoms with van der Waals surface area (Å²) in [5.41, 5.74) is 0.326. The van der Waals surface area contributed by atoms with Crippen molar-refractivity contribution in [1.82, 2.24) is 15.5 Å². The van der Waals surface area contributed by atoms with Crippen LogP contribution in [0.3, 0.4) is 0 Å². The van der Waals surface area contributed by atoms with Gasteiger partial charge >= 0.3 is 0 Å². The summed E-state index contributed by atoms with van der Waals surface area (Å²) < 4.78 is 18.3. The summed E-state index contributed by atoms with van der Waals surface area (Å²) >= 11 is 0. The molecule has 1 N–H and O–H groups in total. The number of benzene rings is 1. The molecule has 0 fully saturated rings. The standard InChI is InChI=1S/C10H10FN3O/c1-12-6-9-13-10(15-14-9)7-4-2-3-5-8(7)11/h2-5,12H,6H2,1H3. The zero-order valence-electron chi connectivity index (χ0n) is 8.20. The van der Waals surface area contributed by atoms with Gasteiger partial charge in [-0.15, -0.1) is 0 Å². The fourth-order valence-electron chi connectivity index (χ4n) is 1.23. The van der Waals surface area contributed by atoms with E-state index < -0.39 is 0 Å². The van der Waals surface area contributed by atoms with Crippen LogP contribution >= 0.6 is 0 Å². The van der Waals surface area contributed by atoms with Crippen LogP contribution in [0.2, 0.25) is 0 Å². The number of hydrogen-bond acceptors (Lipinski definition) is 4. The summed E-state index contributed by atoms with van der Waals surface area (Å²) in [5, 5.41) is 6.59. The molecule has 0 saturated heterocycles. The maximum Gasteiger partial charge on any atom is 0.260 e. The van der Waals surface area contributed by atoms with E-state index in [2.05, 4.69) is 15.5 Å². The number of halogens is 1. The van der Waals surface area contributed by atoms with Crippen LogP contribution in [0.4, 0.5) is 4.39 Å². The average Bonchev–Trinajstić information content (AvgIpc) is 2.68. The second-order valence-corrected chi connectivity index (χ2v) is 3.03. The second-order valence-electron chi connectivity index (χ2n) is 3.03. The molecule has 15 heavy (non-hydrogen) atoms. The fraction of sp³-hybridized carbons (Fsp3) is 0.200. The summed E-state index contributed by atoms with van der Waals surface area (Å²) in [6.07, 6.45) is 0. The first-order chi connectivity index (χ1) is 7.31. The first kappa shape index (κ1) is 9.79. The van der Waals surface area contributed by atoms with Crippen molar-refractivity contribution in [2.24, 2.45) is 0 Å². The average molecular weight is 207 g/mol. The van der Waals surface area contributed by atoms with Crippen LogP contribution in [-0.2, 0) is 6.54 Å². The molecule has 0 aliphatic heterocycles. The van der Waals surface area contributed by atoms with Crippen LogP contribution in [0.25, 0.3) is 11.5 Å². The molecule has 0 saturated carbocycles. The van der Waals surface area contributed by atoms with Crippen LogP contribution in [0.5, 0.6) is 0 Å². The normalized spacial score (nSPS) is 10.5. The van der Waals surface area contributed by atoms with Crippen molar-refractivity contribution in [1.29, 1.82) is 0 Å². The molecule has 78 valence electrons. The number of nitrogens with one attached hydrogen (secondary N) is 1. The Balaban J connectivity index is 2.33. The Kier molecular flexibility index (Phi) is 2.73. The lowest BCUT2D eigenvalue weighted by molar-refractivity contribution is 0.418. The Hall–Kier alpha value is -1.75. The third kappa shape index (κ3) is 2.02. The predicted molar refractivity (Wildman–Crippen MR) is 52.5 cm³/mol. The highest BCUT2D eigenvalue weighted by atomic mass is 19.1. The van der Waals surface area contributed by atoms with Gasteiger partial charge in [-0.25, -0.2) is 4.39 Å². The molecule has 0 amide bonds. The molecule has 0 atom stereocenters. The van der Waals surface area contributed by atoms with Crippen LogP contribution < -0.4 is 5.32 Å². The summed E-state index contributed by atoms with van der Waals surface area (Å²) in [5.74, 6) is 0.353. The predicted octanol–water partition coefficient (Wildman–Crippen LogP) is 1.60. The van der Waals surface area contributed by atoms with Gasteiger partial charge in [0.05, 0.1) is 12.1 Å². The van der Waals surface area contributed by atoms with Gasteiger partial charge in [-0.2, -0.15) is 4.98 Å². The lowest BCUT2D eigenvalue weighted by Crippen LogP contribution is -2.06. The summed E-state index contributed by atoms with van der Waals surface area (Å²) in [4.78, 5) is 4.05. The third-order valence-electron chi connectivity index (χ3n) is 1.91. The van der Waals surface area contributed by atoms with Crippen LogP contribution in [0, 0.1) is 5.82 Å². The van der Waals surface area contributed by atoms with Crippen molar-refractivity contribution >= 4 is 0 Å². The molecule has 0 aliphatic rings. The first-order valence-electron chi connectivity index (χ1n) is 4.53. The van der Waals surface area contributed by atoms with E-state index in [9.17, 15) is 4.39 Å². The largest absolute Gasteiger partial charge is 0.334 e. The van der Waals surface area contributed by atoms with Crippen LogP contribution in [-0.4, -0.2) is 17.2 Å². The van der Waals surface area contributed by atoms with Crippen molar-refractivity contribution < 1.29 is 8.91 Å². The molecule has 2 aromatic rings. The summed E-state index contributed by atoms with van der Waals surface area (Å²) in [6, 6.07) is 6.30. The monoisotopic (exact) mass is 207 g/mol. The topological polar surface area (TPSA) is 51.0 Å². The zero-order chi connectivity index (χ0) is 10.7. The third-order valence-corrected chi connectivity index (χ3v) is 1.91. The Morgan fingerprint density at radius 3 is 2.93 bits per heavy atom. The summed E-state index contributed by atoms with van der Waals surface area (Å²) in [6.45, 7) is 0.498. The molecule has 4 nitrogen and oxygen atoms in total. The van der Waals surface area contributed by atoms with Gasteiger partial charge in [0.15, 0.2) is 5.82 Å². The van der Waals surface area contributed by atoms with Crippen LogP contribution in [0.1, 0.15) is 5.82 Å². The molecule has 0 spiro atoms. The van der Waals surface area contributed by atoms with Crippen molar-refractivity contribution in [3.63, 3.8) is 0 Å². The van der Waals surface area contributed by atoms with Gasteiger partial charge in [-0.3, -0.25) is 0 Å². The second kappa shape index (κ2) is 4.18. The zero-order valence-corrected chi connectivity index (χ0v) is 8.20. The minimum absolute atomic E-state index is 0.207. The number of hydrogen-bond donors (Lipinski definition) is 1. The van der Waals surface area contributed by atoms with E-state index in [0.29, 0.717) is 17.9 Å². The Morgan fingerprint density at radius 2 is 2.20 bits per heavy atom. The highest BCUT2D eigenvalue weighted by molar-refractivity contribution is 5.53. The Morgan fingerprint density at radius 1 is 1.40 bits per heavy atom. The van der Waals surface area contributed by atoms with E-state index in [1.807, 2.05) is 0 Å². The molecular formula is C10H10FN3O. The quantitative estimate of drug-likeness (QED) is 0.830. The van der Waals surface area contributed by atoms with E-state index >= 15 is 0 Å². The van der Waals surface area contributed by atoms with E-state index in [1.54, 1.807) is 25.2 Å². The minimum atomic E-state index is -0.364. The van der Waals surface area contributed by atoms with E-state index in [1.165, 1.54) is 6.07 Å². The molecule has 2 rings (SSSR count). The van der Waals surface area contributed by atoms with Gasteiger partial charge in [0.1, 0.15) is 5.82 Å². The van der Waals surface area contributed by atoms with Gasteiger partial charge in [0, 0.05) is 0 Å². The molecule has 0 aliphatic carbocycles. The minimum Gasteiger partial charge on any atom is -0.334 e. The van der Waals surface area contributed by atoms with Gasteiger partial charge in [0.25, 0.3) is 5.89 Å². The molecule has 0 bridgehead atoms. The highest BCUT2D eigenvalue weighted by Crippen LogP contribution is 2.19. The molecule has 1 heterocycles. The van der Waals surface area contributed by atoms with E-state index in [-0.39, 0.29) is 11.7 Å². The molecule has 1 aromatic carbocycles. The van der Waals surface area contributed by atoms with Gasteiger partial charge in [-0.1, -0.05) is 17.3 Å². The first-order valence-corrected chi connectivity index (χ1v) is 4.53. The fourth-order valence-corrected chi connectivity index (χ4v) is 1.23. The SMILES string of the molecule is CNCc1noc(-c2ccccc2F)n1. The van der Waals surface area contributed by atoms with E-state index in [0.717, 1.165) is 0 Å². The Labute approximate surface area is 86.1 Å². The number of rotatable bonds is 3. The molecule has 0 radical (unpaired) electrons. The number of nitrogens with zero attached hydrogens (tertiary/aromatic N) is 2. The van der Waals surface area contributed by atoms with Crippen molar-refractivity contribution in [3.8, 4) is 11.5 Å². The lowest BCUT2D eigenvalue weighted by atomic mass is 10.2. The molecule has 5 heteroatoms. The highest BCUT2D eigenvalue weighted by Gasteiger charge is 2.11. The van der Waals surface area contributed by atoms with Crippen molar-refractivity contribution in [3.05, 3.63) is 35.9 Å². The van der Waals surface area contributed by atoms with Gasteiger partial charge in [-0.05, 0) is 19.2 Å². The van der Waals surface area contributed by atoms with Crippen LogP contribution in [0.15, 0.2) is 28.8 Å². The maximum atomic E-state index is 13.3.